The molecule has 1 amide bonds. The molecule has 1 saturated carbocycles. The molecule has 0 bridgehead atoms. The number of nitrogens with one attached hydrogen (secondary N) is 2. The molecule has 1 radical (unpaired) electrons. The van der Waals surface area contributed by atoms with Gasteiger partial charge in [-0.15, -0.1) is 0 Å². The van der Waals surface area contributed by atoms with Crippen LogP contribution in [0.2, 0.25) is 0 Å². The minimum atomic E-state index is -4.71. The van der Waals surface area contributed by atoms with Gasteiger partial charge in [-0.2, -0.15) is 0 Å². The molecule has 9 nitrogen and oxygen atoms in total. The summed E-state index contributed by atoms with van der Waals surface area (Å²) >= 11 is -0.922. The van der Waals surface area contributed by atoms with Crippen LogP contribution in [-0.2, 0) is 22.7 Å². The Balaban J connectivity index is 1.56. The third-order valence-corrected chi connectivity index (χ3v) is 9.13. The Bertz CT molecular complexity index is 1430. The van der Waals surface area contributed by atoms with Crippen LogP contribution in [0, 0.1) is 0 Å². The van der Waals surface area contributed by atoms with E-state index in [1.165, 1.54) is 13.2 Å². The molecule has 1 fully saturated rings. The van der Waals surface area contributed by atoms with Crippen LogP contribution in [0.15, 0.2) is 48.8 Å². The third-order valence-electron chi connectivity index (χ3n) is 5.97. The van der Waals surface area contributed by atoms with Crippen molar-refractivity contribution < 1.29 is 26.4 Å². The van der Waals surface area contributed by atoms with Gasteiger partial charge in [-0.25, -0.2) is 0 Å². The van der Waals surface area contributed by atoms with Crippen molar-refractivity contribution >= 4 is 52.3 Å². The van der Waals surface area contributed by atoms with Crippen molar-refractivity contribution in [1.82, 2.24) is 20.3 Å². The van der Waals surface area contributed by atoms with Gasteiger partial charge >= 0.3 is 225 Å². The minimum absolute atomic E-state index is 0.0914. The standard InChI is InChI=1S/C24H25AsF3N6O3S/c1-34(38(2,36)37)21-16(7-5-11-29-21)13-30-20-19(24(26,27)28)14-31-23(33-20)25-17-8-3-6-15(12-17)22(35)32-18-9-4-10-18/h3,5-8,11-12,14,18H,4,9-10,13H2,1-2H3,(H,32,35)(H,30,31,33). The van der Waals surface area contributed by atoms with Crippen LogP contribution < -0.4 is 23.9 Å². The van der Waals surface area contributed by atoms with Gasteiger partial charge in [0.25, 0.3) is 0 Å². The maximum atomic E-state index is 13.7. The van der Waals surface area contributed by atoms with E-state index < -0.39 is 43.3 Å². The number of carbonyl (C=O) groups is 1. The molecule has 0 aliphatic heterocycles. The second-order valence-corrected chi connectivity index (χ2v) is 13.2. The predicted octanol–water partition coefficient (Wildman–Crippen LogP) is 1.84. The van der Waals surface area contributed by atoms with Gasteiger partial charge in [0.2, 0.25) is 0 Å². The fourth-order valence-corrected chi connectivity index (χ4v) is 5.89. The number of alkyl halides is 3. The van der Waals surface area contributed by atoms with Gasteiger partial charge in [0.05, 0.1) is 0 Å². The van der Waals surface area contributed by atoms with Crippen LogP contribution in [-0.4, -0.2) is 64.4 Å². The fourth-order valence-electron chi connectivity index (χ4n) is 3.61. The van der Waals surface area contributed by atoms with Crippen molar-refractivity contribution in [2.45, 2.75) is 38.0 Å². The third kappa shape index (κ3) is 6.82. The summed E-state index contributed by atoms with van der Waals surface area (Å²) in [7, 11) is -2.32. The molecule has 201 valence electrons. The molecular weight excluding hydrogens is 584 g/mol. The molecule has 0 atom stereocenters. The van der Waals surface area contributed by atoms with Gasteiger partial charge in [-0.3, -0.25) is 0 Å². The quantitative estimate of drug-likeness (QED) is 0.356. The monoisotopic (exact) mass is 609 g/mol. The predicted molar refractivity (Wildman–Crippen MR) is 138 cm³/mol. The van der Waals surface area contributed by atoms with Crippen LogP contribution in [0.5, 0.6) is 0 Å². The first kappa shape index (κ1) is 27.8. The summed E-state index contributed by atoms with van der Waals surface area (Å²) < 4.78 is 67.0. The van der Waals surface area contributed by atoms with Crippen LogP contribution >= 0.6 is 0 Å². The SMILES string of the molecule is CN(c1ncccc1CNc1nc([As]c2cccc(C(=O)NC3CCC3)c2)ncc1C(F)(F)F)S(C)(=O)=O. The molecule has 2 heterocycles. The molecule has 14 heteroatoms. The molecule has 1 aliphatic rings. The summed E-state index contributed by atoms with van der Waals surface area (Å²) in [6.07, 6.45) is 1.43. The fraction of sp³-hybridized carbons (Fsp3) is 0.333. The van der Waals surface area contributed by atoms with Gasteiger partial charge in [0, 0.05) is 0 Å². The zero-order chi connectivity index (χ0) is 27.5. The molecule has 0 unspecified atom stereocenters. The summed E-state index contributed by atoms with van der Waals surface area (Å²) in [5.41, 5.74) is -0.195. The number of benzene rings is 1. The molecule has 2 aromatic heterocycles. The zero-order valence-corrected chi connectivity index (χ0v) is 23.2. The average molecular weight is 609 g/mol. The van der Waals surface area contributed by atoms with Crippen LogP contribution in [0.4, 0.5) is 24.8 Å². The summed E-state index contributed by atoms with van der Waals surface area (Å²) in [6.45, 7) is -0.157. The Morgan fingerprint density at radius 3 is 2.61 bits per heavy atom. The summed E-state index contributed by atoms with van der Waals surface area (Å²) in [6, 6.07) is 10.2. The van der Waals surface area contributed by atoms with E-state index in [0.29, 0.717) is 11.1 Å². The van der Waals surface area contributed by atoms with Gasteiger partial charge in [0.15, 0.2) is 0 Å². The van der Waals surface area contributed by atoms with Gasteiger partial charge in [0.1, 0.15) is 0 Å². The summed E-state index contributed by atoms with van der Waals surface area (Å²) in [5, 5.41) is 5.66. The molecule has 38 heavy (non-hydrogen) atoms. The van der Waals surface area contributed by atoms with Crippen molar-refractivity contribution in [3.05, 3.63) is 65.5 Å². The number of rotatable bonds is 9. The Morgan fingerprint density at radius 1 is 1.18 bits per heavy atom. The molecule has 0 saturated heterocycles. The molecule has 3 aromatic rings. The van der Waals surface area contributed by atoms with E-state index in [-0.39, 0.29) is 28.9 Å². The topological polar surface area (TPSA) is 117 Å². The van der Waals surface area contributed by atoms with Crippen molar-refractivity contribution in [1.29, 1.82) is 0 Å². The van der Waals surface area contributed by atoms with E-state index in [9.17, 15) is 26.4 Å². The van der Waals surface area contributed by atoms with Gasteiger partial charge in [-0.05, 0) is 0 Å². The summed E-state index contributed by atoms with van der Waals surface area (Å²) in [5.74, 6) is -0.512. The first-order valence-electron chi connectivity index (χ1n) is 11.6. The second kappa shape index (κ2) is 11.3. The van der Waals surface area contributed by atoms with Crippen molar-refractivity contribution in [3.8, 4) is 0 Å². The number of hydrogen-bond acceptors (Lipinski definition) is 7. The van der Waals surface area contributed by atoms with Crippen molar-refractivity contribution in [2.24, 2.45) is 0 Å². The first-order chi connectivity index (χ1) is 17.9. The zero-order valence-electron chi connectivity index (χ0n) is 20.5. The number of sulfonamides is 1. The Hall–Kier alpha value is -3.18. The van der Waals surface area contributed by atoms with E-state index in [0.717, 1.165) is 40.4 Å². The van der Waals surface area contributed by atoms with Crippen LogP contribution in [0.25, 0.3) is 0 Å². The number of nitrogens with zero attached hydrogens (tertiary/aromatic N) is 4. The number of anilines is 2. The van der Waals surface area contributed by atoms with E-state index in [1.807, 2.05) is 0 Å². The second-order valence-electron chi connectivity index (χ2n) is 8.76. The van der Waals surface area contributed by atoms with Gasteiger partial charge < -0.3 is 0 Å². The molecule has 4 rings (SSSR count). The molecular formula is C24H25AsF3N6O3S. The number of hydrogen-bond donors (Lipinski definition) is 2. The molecule has 0 spiro atoms. The average Bonchev–Trinajstić information content (AvgIpc) is 2.83. The normalized spacial score (nSPS) is 14.3. The number of carbonyl (C=O) groups excluding carboxylic acids is 1. The number of amides is 1. The van der Waals surface area contributed by atoms with Crippen molar-refractivity contribution in [3.63, 3.8) is 0 Å². The van der Waals surface area contributed by atoms with E-state index >= 15 is 0 Å². The Morgan fingerprint density at radius 2 is 1.95 bits per heavy atom. The van der Waals surface area contributed by atoms with Crippen molar-refractivity contribution in [2.75, 3.05) is 22.9 Å². The van der Waals surface area contributed by atoms with Crippen LogP contribution in [0.1, 0.15) is 40.7 Å². The number of halogens is 3. The Kier molecular flexibility index (Phi) is 8.27. The number of pyridine rings is 1. The van der Waals surface area contributed by atoms with E-state index in [4.69, 9.17) is 0 Å². The van der Waals surface area contributed by atoms with Crippen LogP contribution in [0.3, 0.4) is 0 Å². The van der Waals surface area contributed by atoms with Gasteiger partial charge in [-0.1, -0.05) is 0 Å². The molecule has 2 N–H and O–H groups in total. The Labute approximate surface area is 225 Å². The van der Waals surface area contributed by atoms with E-state index in [2.05, 4.69) is 25.6 Å². The first-order valence-corrected chi connectivity index (χ1v) is 15.3. The maximum absolute atomic E-state index is 13.7. The number of aromatic nitrogens is 3. The molecule has 1 aromatic carbocycles. The summed E-state index contributed by atoms with van der Waals surface area (Å²) in [4.78, 5) is 24.7. The molecule has 1 aliphatic carbocycles. The van der Waals surface area contributed by atoms with E-state index in [1.54, 1.807) is 36.4 Å².